The zero-order chi connectivity index (χ0) is 16.2. The molecule has 2 aromatic rings. The number of carbonyl (C=O) groups is 1. The number of anilines is 1. The van der Waals surface area contributed by atoms with E-state index in [2.05, 4.69) is 27.0 Å². The zero-order valence-corrected chi connectivity index (χ0v) is 14.4. The van der Waals surface area contributed by atoms with E-state index in [9.17, 15) is 4.79 Å². The Morgan fingerprint density at radius 2 is 2.04 bits per heavy atom. The minimum Gasteiger partial charge on any atom is -0.497 e. The van der Waals surface area contributed by atoms with E-state index in [0.717, 1.165) is 48.7 Å². The average molecular weight is 334 g/mol. The standard InChI is InChI=1S/C16H22N4O2S/c1-3-19-6-8-20(9-7-19)11-15(21)18-16-17-13-5-4-12(22-2)10-14(13)23-16/h4-5,10H,3,6-9,11H2,1-2H3,(H,17,18,21). The van der Waals surface area contributed by atoms with Crippen molar-refractivity contribution in [2.75, 3.05) is 51.7 Å². The molecule has 0 aliphatic carbocycles. The Morgan fingerprint density at radius 3 is 2.74 bits per heavy atom. The molecule has 23 heavy (non-hydrogen) atoms. The number of rotatable bonds is 5. The van der Waals surface area contributed by atoms with Gasteiger partial charge >= 0.3 is 0 Å². The minimum absolute atomic E-state index is 0.000898. The van der Waals surface area contributed by atoms with E-state index in [1.54, 1.807) is 7.11 Å². The van der Waals surface area contributed by atoms with Gasteiger partial charge in [0.05, 0.1) is 23.9 Å². The summed E-state index contributed by atoms with van der Waals surface area (Å²) in [5.41, 5.74) is 0.877. The van der Waals surface area contributed by atoms with Gasteiger partial charge in [-0.05, 0) is 24.7 Å². The number of carbonyl (C=O) groups excluding carboxylic acids is 1. The number of methoxy groups -OCH3 is 1. The predicted octanol–water partition coefficient (Wildman–Crippen LogP) is 1.88. The van der Waals surface area contributed by atoms with Crippen LogP contribution in [0.15, 0.2) is 18.2 Å². The maximum atomic E-state index is 12.2. The van der Waals surface area contributed by atoms with Gasteiger partial charge in [0.1, 0.15) is 5.75 Å². The average Bonchev–Trinajstić information content (AvgIpc) is 2.96. The number of nitrogens with zero attached hydrogens (tertiary/aromatic N) is 3. The Labute approximate surface area is 140 Å². The highest BCUT2D eigenvalue weighted by Crippen LogP contribution is 2.29. The number of benzene rings is 1. The maximum absolute atomic E-state index is 12.2. The molecule has 7 heteroatoms. The van der Waals surface area contributed by atoms with Gasteiger partial charge < -0.3 is 15.0 Å². The molecule has 0 bridgehead atoms. The first kappa shape index (κ1) is 16.2. The lowest BCUT2D eigenvalue weighted by molar-refractivity contribution is -0.117. The zero-order valence-electron chi connectivity index (χ0n) is 13.5. The molecule has 2 heterocycles. The summed E-state index contributed by atoms with van der Waals surface area (Å²) in [5, 5.41) is 3.56. The first-order valence-corrected chi connectivity index (χ1v) is 8.68. The van der Waals surface area contributed by atoms with Crippen molar-refractivity contribution < 1.29 is 9.53 Å². The van der Waals surface area contributed by atoms with Crippen molar-refractivity contribution in [1.82, 2.24) is 14.8 Å². The quantitative estimate of drug-likeness (QED) is 0.905. The van der Waals surface area contributed by atoms with Gasteiger partial charge in [-0.15, -0.1) is 0 Å². The summed E-state index contributed by atoms with van der Waals surface area (Å²) in [6.07, 6.45) is 0. The highest BCUT2D eigenvalue weighted by atomic mass is 32.1. The van der Waals surface area contributed by atoms with Crippen LogP contribution in [0.5, 0.6) is 5.75 Å². The summed E-state index contributed by atoms with van der Waals surface area (Å²) in [7, 11) is 1.64. The molecule has 1 N–H and O–H groups in total. The molecule has 1 aliphatic rings. The minimum atomic E-state index is 0.000898. The van der Waals surface area contributed by atoms with E-state index < -0.39 is 0 Å². The Hall–Kier alpha value is -1.70. The normalized spacial score (nSPS) is 16.6. The van der Waals surface area contributed by atoms with Gasteiger partial charge in [0.2, 0.25) is 5.91 Å². The molecule has 1 saturated heterocycles. The number of thiazole rings is 1. The fraction of sp³-hybridized carbons (Fsp3) is 0.500. The van der Waals surface area contributed by atoms with Crippen LogP contribution in [0.4, 0.5) is 5.13 Å². The van der Waals surface area contributed by atoms with Crippen molar-refractivity contribution in [2.45, 2.75) is 6.92 Å². The van der Waals surface area contributed by atoms with Gasteiger partial charge in [-0.1, -0.05) is 18.3 Å². The summed E-state index contributed by atoms with van der Waals surface area (Å²) >= 11 is 1.47. The SMILES string of the molecule is CCN1CCN(CC(=O)Nc2nc3ccc(OC)cc3s2)CC1. The Kier molecular flexibility index (Phi) is 5.09. The molecule has 3 rings (SSSR count). The fourth-order valence-corrected chi connectivity index (χ4v) is 3.62. The molecular weight excluding hydrogens is 312 g/mol. The Bertz CT molecular complexity index is 680. The predicted molar refractivity (Wildman–Crippen MR) is 93.4 cm³/mol. The second kappa shape index (κ2) is 7.25. The fourth-order valence-electron chi connectivity index (χ4n) is 2.71. The van der Waals surface area contributed by atoms with E-state index in [4.69, 9.17) is 4.74 Å². The lowest BCUT2D eigenvalue weighted by atomic mass is 10.3. The van der Waals surface area contributed by atoms with Crippen molar-refractivity contribution in [2.24, 2.45) is 0 Å². The van der Waals surface area contributed by atoms with Gasteiger partial charge in [-0.25, -0.2) is 4.98 Å². The van der Waals surface area contributed by atoms with Crippen molar-refractivity contribution in [3.05, 3.63) is 18.2 Å². The second-order valence-corrected chi connectivity index (χ2v) is 6.64. The van der Waals surface area contributed by atoms with E-state index in [-0.39, 0.29) is 5.91 Å². The summed E-state index contributed by atoms with van der Waals surface area (Å²) in [4.78, 5) is 21.2. The van der Waals surface area contributed by atoms with Crippen LogP contribution in [-0.4, -0.2) is 67.1 Å². The van der Waals surface area contributed by atoms with Gasteiger partial charge in [0, 0.05) is 26.2 Å². The topological polar surface area (TPSA) is 57.7 Å². The van der Waals surface area contributed by atoms with Gasteiger partial charge in [-0.2, -0.15) is 0 Å². The van der Waals surface area contributed by atoms with Crippen LogP contribution in [0, 0.1) is 0 Å². The lowest BCUT2D eigenvalue weighted by Gasteiger charge is -2.33. The van der Waals surface area contributed by atoms with Crippen molar-refractivity contribution in [3.63, 3.8) is 0 Å². The third kappa shape index (κ3) is 3.99. The molecule has 1 fully saturated rings. The van der Waals surface area contributed by atoms with Crippen LogP contribution in [-0.2, 0) is 4.79 Å². The number of nitrogens with one attached hydrogen (secondary N) is 1. The van der Waals surface area contributed by atoms with Gasteiger partial charge in [0.25, 0.3) is 0 Å². The van der Waals surface area contributed by atoms with Crippen molar-refractivity contribution in [3.8, 4) is 5.75 Å². The van der Waals surface area contributed by atoms with Crippen LogP contribution in [0.2, 0.25) is 0 Å². The monoisotopic (exact) mass is 334 g/mol. The highest BCUT2D eigenvalue weighted by molar-refractivity contribution is 7.22. The molecule has 1 amide bonds. The molecule has 0 atom stereocenters. The molecule has 1 aromatic carbocycles. The van der Waals surface area contributed by atoms with Crippen molar-refractivity contribution >= 4 is 32.6 Å². The summed E-state index contributed by atoms with van der Waals surface area (Å²) < 4.78 is 6.22. The van der Waals surface area contributed by atoms with E-state index in [1.807, 2.05) is 18.2 Å². The highest BCUT2D eigenvalue weighted by Gasteiger charge is 2.18. The molecule has 0 saturated carbocycles. The number of hydrogen-bond donors (Lipinski definition) is 1. The summed E-state index contributed by atoms with van der Waals surface area (Å²) in [6, 6.07) is 5.72. The lowest BCUT2D eigenvalue weighted by Crippen LogP contribution is -2.48. The first-order chi connectivity index (χ1) is 11.2. The van der Waals surface area contributed by atoms with Crippen LogP contribution in [0.1, 0.15) is 6.92 Å². The Morgan fingerprint density at radius 1 is 1.30 bits per heavy atom. The number of amides is 1. The number of aromatic nitrogens is 1. The van der Waals surface area contributed by atoms with Gasteiger partial charge in [0.15, 0.2) is 5.13 Å². The number of piperazine rings is 1. The van der Waals surface area contributed by atoms with Gasteiger partial charge in [-0.3, -0.25) is 9.69 Å². The number of hydrogen-bond acceptors (Lipinski definition) is 6. The van der Waals surface area contributed by atoms with Crippen LogP contribution >= 0.6 is 11.3 Å². The summed E-state index contributed by atoms with van der Waals surface area (Å²) in [6.45, 7) is 7.63. The number of likely N-dealkylation sites (N-methyl/N-ethyl adjacent to an activating group) is 1. The molecule has 0 unspecified atom stereocenters. The molecule has 1 aromatic heterocycles. The van der Waals surface area contributed by atoms with E-state index >= 15 is 0 Å². The maximum Gasteiger partial charge on any atom is 0.240 e. The Balaban J connectivity index is 1.57. The van der Waals surface area contributed by atoms with E-state index in [1.165, 1.54) is 11.3 Å². The van der Waals surface area contributed by atoms with Crippen LogP contribution in [0.25, 0.3) is 10.2 Å². The van der Waals surface area contributed by atoms with E-state index in [0.29, 0.717) is 11.7 Å². The summed E-state index contributed by atoms with van der Waals surface area (Å²) in [5.74, 6) is 0.800. The largest absolute Gasteiger partial charge is 0.497 e. The molecule has 6 nitrogen and oxygen atoms in total. The molecule has 0 spiro atoms. The third-order valence-corrected chi connectivity index (χ3v) is 5.05. The van der Waals surface area contributed by atoms with Crippen LogP contribution in [0.3, 0.4) is 0 Å². The number of fused-ring (bicyclic) bond motifs is 1. The molecular formula is C16H22N4O2S. The number of ether oxygens (including phenoxy) is 1. The second-order valence-electron chi connectivity index (χ2n) is 5.61. The smallest absolute Gasteiger partial charge is 0.240 e. The molecule has 0 radical (unpaired) electrons. The van der Waals surface area contributed by atoms with Crippen LogP contribution < -0.4 is 10.1 Å². The van der Waals surface area contributed by atoms with Crippen molar-refractivity contribution in [1.29, 1.82) is 0 Å². The molecule has 124 valence electrons. The molecule has 1 aliphatic heterocycles. The first-order valence-electron chi connectivity index (χ1n) is 7.87. The third-order valence-electron chi connectivity index (χ3n) is 4.12.